The molecule has 0 unspecified atom stereocenters. The molecule has 0 saturated carbocycles. The number of carbonyl (C=O) groups is 2. The summed E-state index contributed by atoms with van der Waals surface area (Å²) in [5.74, 6) is -0.848. The van der Waals surface area contributed by atoms with Crippen LogP contribution in [0.5, 0.6) is 0 Å². The van der Waals surface area contributed by atoms with Crippen molar-refractivity contribution in [1.29, 1.82) is 0 Å². The Kier molecular flexibility index (Phi) is 7.04. The van der Waals surface area contributed by atoms with Gasteiger partial charge in [0.05, 0.1) is 33.8 Å². The maximum absolute atomic E-state index is 12.8. The molecule has 28 heavy (non-hydrogen) atoms. The number of rotatable bonds is 7. The number of anilines is 2. The van der Waals surface area contributed by atoms with Crippen molar-refractivity contribution in [3.05, 3.63) is 58.6 Å². The van der Waals surface area contributed by atoms with E-state index >= 15 is 0 Å². The molecule has 0 aliphatic heterocycles. The Morgan fingerprint density at radius 3 is 2.39 bits per heavy atom. The lowest BCUT2D eigenvalue weighted by Crippen LogP contribution is -2.26. The molecule has 0 aliphatic carbocycles. The molecule has 0 radical (unpaired) electrons. The smallest absolute Gasteiger partial charge is 0.257 e. The molecule has 0 heterocycles. The van der Waals surface area contributed by atoms with Gasteiger partial charge < -0.3 is 10.6 Å². The number of sulfonamides is 1. The number of hydrogen-bond acceptors (Lipinski definition) is 4. The second-order valence-electron chi connectivity index (χ2n) is 6.15. The topological polar surface area (TPSA) is 95.6 Å². The second kappa shape index (κ2) is 9.07. The van der Waals surface area contributed by atoms with Crippen LogP contribution in [-0.2, 0) is 10.0 Å². The fourth-order valence-electron chi connectivity index (χ4n) is 2.39. The molecule has 0 spiro atoms. The summed E-state index contributed by atoms with van der Waals surface area (Å²) < 4.78 is 24.5. The van der Waals surface area contributed by atoms with Crippen LogP contribution in [-0.4, -0.2) is 40.1 Å². The lowest BCUT2D eigenvalue weighted by molar-refractivity contribution is 0.0954. The van der Waals surface area contributed by atoms with Crippen molar-refractivity contribution >= 4 is 44.8 Å². The van der Waals surface area contributed by atoms with Crippen molar-refractivity contribution in [1.82, 2.24) is 5.32 Å². The molecule has 2 aromatic carbocycles. The van der Waals surface area contributed by atoms with Crippen LogP contribution in [0.4, 0.5) is 11.4 Å². The molecular weight excluding hydrogens is 402 g/mol. The van der Waals surface area contributed by atoms with Gasteiger partial charge in [-0.25, -0.2) is 8.42 Å². The quantitative estimate of drug-likeness (QED) is 0.715. The van der Waals surface area contributed by atoms with Crippen LogP contribution < -0.4 is 14.9 Å². The molecule has 2 aromatic rings. The summed E-state index contributed by atoms with van der Waals surface area (Å²) in [6.45, 7) is 2.46. The first kappa shape index (κ1) is 21.7. The number of halogens is 1. The Morgan fingerprint density at radius 2 is 1.75 bits per heavy atom. The van der Waals surface area contributed by atoms with Crippen LogP contribution in [0.25, 0.3) is 0 Å². The van der Waals surface area contributed by atoms with Crippen molar-refractivity contribution in [3.63, 3.8) is 0 Å². The van der Waals surface area contributed by atoms with Gasteiger partial charge in [0.1, 0.15) is 0 Å². The molecule has 0 saturated heterocycles. The fraction of sp³-hybridized carbons (Fsp3) is 0.263. The number of benzene rings is 2. The average Bonchev–Trinajstić information content (AvgIpc) is 2.65. The highest BCUT2D eigenvalue weighted by Crippen LogP contribution is 2.25. The standard InChI is InChI=1S/C19H22ClN3O4S/c1-4-11-21-18(24)14-7-5-6-8-17(14)22-19(25)15-12-13(9-10-16(15)20)23(2)28(3,26)27/h5-10,12H,4,11H2,1-3H3,(H,21,24)(H,22,25). The zero-order chi connectivity index (χ0) is 20.9. The summed E-state index contributed by atoms with van der Waals surface area (Å²) in [5.41, 5.74) is 1.05. The Bertz CT molecular complexity index is 992. The third kappa shape index (κ3) is 5.24. The van der Waals surface area contributed by atoms with Crippen molar-refractivity contribution in [2.45, 2.75) is 13.3 Å². The summed E-state index contributed by atoms with van der Waals surface area (Å²) in [4.78, 5) is 25.1. The van der Waals surface area contributed by atoms with E-state index in [0.717, 1.165) is 17.0 Å². The Labute approximate surface area is 169 Å². The van der Waals surface area contributed by atoms with Gasteiger partial charge in [0, 0.05) is 13.6 Å². The maximum atomic E-state index is 12.8. The number of nitrogens with one attached hydrogen (secondary N) is 2. The van der Waals surface area contributed by atoms with Crippen LogP contribution in [0.3, 0.4) is 0 Å². The fourth-order valence-corrected chi connectivity index (χ4v) is 3.09. The van der Waals surface area contributed by atoms with E-state index in [9.17, 15) is 18.0 Å². The van der Waals surface area contributed by atoms with Gasteiger partial charge in [0.15, 0.2) is 0 Å². The van der Waals surface area contributed by atoms with Gasteiger partial charge in [-0.3, -0.25) is 13.9 Å². The zero-order valence-corrected chi connectivity index (χ0v) is 17.4. The Hall–Kier alpha value is -2.58. The molecule has 0 bridgehead atoms. The predicted octanol–water partition coefficient (Wildman–Crippen LogP) is 3.13. The number of hydrogen-bond donors (Lipinski definition) is 2. The monoisotopic (exact) mass is 423 g/mol. The van der Waals surface area contributed by atoms with Crippen LogP contribution in [0.15, 0.2) is 42.5 Å². The van der Waals surface area contributed by atoms with E-state index in [1.807, 2.05) is 6.92 Å². The summed E-state index contributed by atoms with van der Waals surface area (Å²) in [7, 11) is -2.11. The van der Waals surface area contributed by atoms with E-state index in [4.69, 9.17) is 11.6 Å². The molecule has 2 rings (SSSR count). The number of amides is 2. The van der Waals surface area contributed by atoms with Crippen LogP contribution >= 0.6 is 11.6 Å². The minimum atomic E-state index is -3.49. The molecule has 150 valence electrons. The second-order valence-corrected chi connectivity index (χ2v) is 8.57. The Morgan fingerprint density at radius 1 is 1.07 bits per heavy atom. The molecule has 2 N–H and O–H groups in total. The van der Waals surface area contributed by atoms with Crippen molar-refractivity contribution < 1.29 is 18.0 Å². The van der Waals surface area contributed by atoms with Gasteiger partial charge in [0.25, 0.3) is 11.8 Å². The highest BCUT2D eigenvalue weighted by atomic mass is 35.5. The maximum Gasteiger partial charge on any atom is 0.257 e. The number of nitrogens with zero attached hydrogens (tertiary/aromatic N) is 1. The highest BCUT2D eigenvalue weighted by Gasteiger charge is 2.19. The van der Waals surface area contributed by atoms with E-state index < -0.39 is 15.9 Å². The lowest BCUT2D eigenvalue weighted by atomic mass is 10.1. The minimum Gasteiger partial charge on any atom is -0.352 e. The van der Waals surface area contributed by atoms with Gasteiger partial charge >= 0.3 is 0 Å². The van der Waals surface area contributed by atoms with Gasteiger partial charge in [-0.15, -0.1) is 0 Å². The van der Waals surface area contributed by atoms with Crippen molar-refractivity contribution in [2.75, 3.05) is 29.5 Å². The first-order valence-corrected chi connectivity index (χ1v) is 10.8. The molecular formula is C19H22ClN3O4S. The van der Waals surface area contributed by atoms with Crippen LogP contribution in [0.2, 0.25) is 5.02 Å². The van der Waals surface area contributed by atoms with Crippen molar-refractivity contribution in [3.8, 4) is 0 Å². The normalized spacial score (nSPS) is 11.0. The molecule has 0 atom stereocenters. The van der Waals surface area contributed by atoms with E-state index in [-0.39, 0.29) is 16.5 Å². The largest absolute Gasteiger partial charge is 0.352 e. The van der Waals surface area contributed by atoms with Gasteiger partial charge in [-0.2, -0.15) is 0 Å². The number of carbonyl (C=O) groups excluding carboxylic acids is 2. The highest BCUT2D eigenvalue weighted by molar-refractivity contribution is 7.92. The third-order valence-electron chi connectivity index (χ3n) is 4.01. The van der Waals surface area contributed by atoms with Crippen LogP contribution in [0, 0.1) is 0 Å². The molecule has 0 fully saturated rings. The molecule has 2 amide bonds. The summed E-state index contributed by atoms with van der Waals surface area (Å²) in [6, 6.07) is 11.0. The lowest BCUT2D eigenvalue weighted by Gasteiger charge is -2.18. The predicted molar refractivity (Wildman–Crippen MR) is 112 cm³/mol. The summed E-state index contributed by atoms with van der Waals surface area (Å²) in [6.07, 6.45) is 1.85. The summed E-state index contributed by atoms with van der Waals surface area (Å²) in [5, 5.41) is 5.61. The van der Waals surface area contributed by atoms with E-state index in [2.05, 4.69) is 10.6 Å². The van der Waals surface area contributed by atoms with E-state index in [1.165, 1.54) is 25.2 Å². The zero-order valence-electron chi connectivity index (χ0n) is 15.8. The average molecular weight is 424 g/mol. The van der Waals surface area contributed by atoms with Crippen molar-refractivity contribution in [2.24, 2.45) is 0 Å². The summed E-state index contributed by atoms with van der Waals surface area (Å²) >= 11 is 6.14. The van der Waals surface area contributed by atoms with Gasteiger partial charge in [-0.1, -0.05) is 30.7 Å². The SMILES string of the molecule is CCCNC(=O)c1ccccc1NC(=O)c1cc(N(C)S(C)(=O)=O)ccc1Cl. The molecule has 0 aromatic heterocycles. The first-order valence-electron chi connectivity index (χ1n) is 8.57. The van der Waals surface area contributed by atoms with Crippen LogP contribution in [0.1, 0.15) is 34.1 Å². The number of para-hydroxylation sites is 1. The first-order chi connectivity index (χ1) is 13.1. The third-order valence-corrected chi connectivity index (χ3v) is 5.55. The van der Waals surface area contributed by atoms with Gasteiger partial charge in [0.2, 0.25) is 10.0 Å². The van der Waals surface area contributed by atoms with E-state index in [1.54, 1.807) is 24.3 Å². The molecule has 7 nitrogen and oxygen atoms in total. The molecule has 0 aliphatic rings. The van der Waals surface area contributed by atoms with Gasteiger partial charge in [-0.05, 0) is 36.8 Å². The minimum absolute atomic E-state index is 0.0958. The molecule has 9 heteroatoms. The Balaban J connectivity index is 2.33. The van der Waals surface area contributed by atoms with E-state index in [0.29, 0.717) is 23.5 Å².